The number of hydrogen-bond donors (Lipinski definition) is 0. The molecule has 25 fully saturated rings. The molecular weight excluding hydrogens is 1720 g/mol. The van der Waals surface area contributed by atoms with Gasteiger partial charge in [-0.25, -0.2) is 0 Å². The molecule has 0 heterocycles. The molecule has 0 spiro atoms. The molecule has 0 aromatic heterocycles. The Hall–Kier alpha value is 0. The van der Waals surface area contributed by atoms with Crippen molar-refractivity contribution in [2.45, 2.75) is 597 Å². The van der Waals surface area contributed by atoms with Crippen molar-refractivity contribution in [1.29, 1.82) is 0 Å². The van der Waals surface area contributed by atoms with Crippen LogP contribution in [0.5, 0.6) is 0 Å². The molecule has 0 nitrogen and oxygen atoms in total. The molecule has 25 aliphatic carbocycles. The largest absolute Gasteiger partial charge is 0.0651 e. The SMILES string of the molecule is CC(C)C1(C)CC2CCC1(C)C2(C)C.CC(C)C1(C)CC[C@H]2C[C@@H]1C2(C)C.CC(C)C12CC3CC(CC(C3)C1)C2.CC(C)C1C2(C)CCC(C2)C1(C)C.CC(C)C1CC(C)C2CC1C2(C)C.CC(C)[C@@H]1C[C@H]2CC[C@]1(C)C2(C)C.CC(C)[C@H]1C[C@@H]2CC[C@@]1(C)C2(C)C.CC(C)[C@H]1C[C@@H]2CC[C@H]1C2.CC(C)[C@H]1C[C@H]2CC[C@]1(C)C2(C)C.CCC1(C(C)C)C2(C)CCC(C2)C1(C)C.CCC1CCC(CC(C)C)C1(C)C. The summed E-state index contributed by atoms with van der Waals surface area (Å²) in [6.07, 6.45) is 57.1. The fraction of sp³-hybridized carbons (Fsp3) is 1.00. The molecule has 25 aliphatic rings. The molecule has 16 unspecified atom stereocenters. The van der Waals surface area contributed by atoms with E-state index in [4.69, 9.17) is 0 Å². The van der Waals surface area contributed by atoms with E-state index in [9.17, 15) is 0 Å². The van der Waals surface area contributed by atoms with Gasteiger partial charge in [0.2, 0.25) is 0 Å². The Kier molecular flexibility index (Phi) is 36.3. The summed E-state index contributed by atoms with van der Waals surface area (Å²) < 4.78 is 0. The van der Waals surface area contributed by atoms with Gasteiger partial charge in [-0.3, -0.25) is 0 Å². The van der Waals surface area contributed by atoms with Gasteiger partial charge in [-0.2, -0.15) is 0 Å². The molecule has 30 atom stereocenters. The van der Waals surface area contributed by atoms with Gasteiger partial charge in [0.05, 0.1) is 0 Å². The predicted octanol–water partition coefficient (Wildman–Crippen LogP) is 45.3. The lowest BCUT2D eigenvalue weighted by Gasteiger charge is -2.66. The van der Waals surface area contributed by atoms with Crippen LogP contribution in [0.1, 0.15) is 597 Å². The maximum Gasteiger partial charge on any atom is -0.0169 e. The zero-order chi connectivity index (χ0) is 108. The van der Waals surface area contributed by atoms with Crippen LogP contribution in [0.2, 0.25) is 0 Å². The summed E-state index contributed by atoms with van der Waals surface area (Å²) in [5.41, 5.74) is 11.9. The van der Waals surface area contributed by atoms with E-state index in [0.717, 1.165) is 213 Å². The maximum absolute atomic E-state index is 2.57. The van der Waals surface area contributed by atoms with Gasteiger partial charge >= 0.3 is 0 Å². The van der Waals surface area contributed by atoms with Crippen molar-refractivity contribution in [3.05, 3.63) is 0 Å². The average molecular weight is 1980 g/mol. The third-order valence-corrected chi connectivity index (χ3v) is 59.1. The highest BCUT2D eigenvalue weighted by Gasteiger charge is 2.72. The van der Waals surface area contributed by atoms with Crippen LogP contribution in [0.15, 0.2) is 0 Å². The zero-order valence-corrected chi connectivity index (χ0v) is 108. The van der Waals surface area contributed by atoms with Crippen LogP contribution in [0, 0.1) is 310 Å². The Labute approximate surface area is 900 Å². The molecule has 0 heteroatoms. The standard InChI is InChI=1S/C15H28.C14H26.C13H22.6C13H24.C13H26.C10H18/c1-7-15(11(2)3)13(4,5)12-8-9-14(15,6)10-12;1-10(2)13(5)9-11-7-8-14(13,6)12(11,3)4;1-9(2)13-6-10-3-11(7-13)5-12(4-10)8-13;1-8(2)10-6-9(3)11-7-12(10)13(11,4)5;1-9(2)11-12(3,4)10-6-7-13(11,5)8-10;1-9(2)13(5)7-6-10-8-11(13)12(10,3)4;3*1-9(2)11-8-10-6-7-13(11,5)12(10,3)4;1-6-11-7-8-12(9-10(2)3)13(11,4)5;1-7(2)10-6-8-3-4-9(10)5-8/h11-12H,7-10H2,1-6H3;10-11H,7-9H2,1-6H3;9-12H,3-8H2,1-2H3;8-12H,6-7H2,1-5H3;5*9-11H,6-8H2,1-5H3;10-12H,6-9H2,1-5H3;7-10H,3-6H2,1-2H3/t;;;;;10-,11+,13?;2*10-,11+,13+;10-,11-,13+;;8-,9+,10-/m.....0101.1/s1. The van der Waals surface area contributed by atoms with Crippen molar-refractivity contribution in [2.24, 2.45) is 310 Å². The van der Waals surface area contributed by atoms with E-state index in [-0.39, 0.29) is 0 Å². The van der Waals surface area contributed by atoms with E-state index in [1.807, 2.05) is 0 Å². The highest BCUT2D eigenvalue weighted by Crippen LogP contribution is 2.80. The maximum atomic E-state index is 2.57. The van der Waals surface area contributed by atoms with Gasteiger partial charge in [-0.15, -0.1) is 0 Å². The number of rotatable bonds is 14. The minimum absolute atomic E-state index is 0.558. The molecule has 0 saturated heterocycles. The van der Waals surface area contributed by atoms with Crippen molar-refractivity contribution in [2.75, 3.05) is 0 Å². The van der Waals surface area contributed by atoms with E-state index in [2.05, 4.69) is 353 Å². The van der Waals surface area contributed by atoms with E-state index in [0.29, 0.717) is 97.5 Å². The summed E-state index contributed by atoms with van der Waals surface area (Å²) in [6, 6.07) is 0. The quantitative estimate of drug-likeness (QED) is 0.163. The molecule has 836 valence electrons. The van der Waals surface area contributed by atoms with Gasteiger partial charge in [0.1, 0.15) is 0 Å². The molecule has 0 N–H and O–H groups in total. The van der Waals surface area contributed by atoms with Gasteiger partial charge in [-0.1, -0.05) is 366 Å². The lowest BCUT2D eigenvalue weighted by atomic mass is 9.39. The molecular formula is C143H264. The first-order valence-electron chi connectivity index (χ1n) is 65.4. The molecule has 0 amide bonds. The normalized spacial score (nSPS) is 46.9. The third kappa shape index (κ3) is 20.8. The average Bonchev–Trinajstić information content (AvgIpc) is 1.52. The second-order valence-corrected chi connectivity index (χ2v) is 70.0. The molecule has 25 saturated carbocycles. The monoisotopic (exact) mass is 1980 g/mol. The molecule has 0 aromatic carbocycles. The van der Waals surface area contributed by atoms with Crippen LogP contribution < -0.4 is 0 Å². The first-order chi connectivity index (χ1) is 65.4. The van der Waals surface area contributed by atoms with Crippen LogP contribution in [0.3, 0.4) is 0 Å². The van der Waals surface area contributed by atoms with Crippen molar-refractivity contribution >= 4 is 0 Å². The molecule has 25 rings (SSSR count). The minimum Gasteiger partial charge on any atom is -0.0651 e. The van der Waals surface area contributed by atoms with E-state index >= 15 is 0 Å². The van der Waals surface area contributed by atoms with Gasteiger partial charge in [0, 0.05) is 0 Å². The van der Waals surface area contributed by atoms with Crippen molar-refractivity contribution in [3.63, 3.8) is 0 Å². The zero-order valence-electron chi connectivity index (χ0n) is 108. The van der Waals surface area contributed by atoms with Crippen LogP contribution in [-0.4, -0.2) is 0 Å². The summed E-state index contributed by atoms with van der Waals surface area (Å²) in [5, 5.41) is 0. The Balaban J connectivity index is 0.000000140. The van der Waals surface area contributed by atoms with Crippen molar-refractivity contribution in [3.8, 4) is 0 Å². The smallest absolute Gasteiger partial charge is 0.0169 e. The summed E-state index contributed by atoms with van der Waals surface area (Å²) in [5.74, 6) is 34.5. The van der Waals surface area contributed by atoms with Gasteiger partial charge in [0.15, 0.2) is 0 Å². The molecule has 143 heavy (non-hydrogen) atoms. The number of hydrogen-bond acceptors (Lipinski definition) is 0. The Bertz CT molecular complexity index is 3880. The topological polar surface area (TPSA) is 0 Å². The second kappa shape index (κ2) is 42.7. The fourth-order valence-electron chi connectivity index (χ4n) is 47.9. The predicted molar refractivity (Wildman–Crippen MR) is 633 cm³/mol. The van der Waals surface area contributed by atoms with Crippen LogP contribution in [0.25, 0.3) is 0 Å². The van der Waals surface area contributed by atoms with Gasteiger partial charge < -0.3 is 0 Å². The Morgan fingerprint density at radius 2 is 0.720 bits per heavy atom. The Morgan fingerprint density at radius 3 is 0.965 bits per heavy atom. The minimum atomic E-state index is 0.558. The summed E-state index contributed by atoms with van der Waals surface area (Å²) >= 11 is 0. The Morgan fingerprint density at radius 1 is 0.280 bits per heavy atom. The van der Waals surface area contributed by atoms with Crippen LogP contribution in [0.4, 0.5) is 0 Å². The molecule has 0 aliphatic heterocycles. The first kappa shape index (κ1) is 122. The summed E-state index contributed by atoms with van der Waals surface area (Å²) in [7, 11) is 0. The van der Waals surface area contributed by atoms with Crippen LogP contribution in [-0.2, 0) is 0 Å². The van der Waals surface area contributed by atoms with Gasteiger partial charge in [0.25, 0.3) is 0 Å². The van der Waals surface area contributed by atoms with E-state index < -0.39 is 0 Å². The van der Waals surface area contributed by atoms with E-state index in [1.165, 1.54) is 180 Å². The van der Waals surface area contributed by atoms with E-state index in [1.54, 1.807) is 64.2 Å². The lowest BCUT2D eigenvalue weighted by molar-refractivity contribution is -0.166. The lowest BCUT2D eigenvalue weighted by Crippen LogP contribution is -2.58. The summed E-state index contributed by atoms with van der Waals surface area (Å²) in [4.78, 5) is 0. The highest BCUT2D eigenvalue weighted by molar-refractivity contribution is 5.21. The molecule has 22 bridgehead atoms. The van der Waals surface area contributed by atoms with Crippen LogP contribution >= 0.6 is 0 Å². The highest BCUT2D eigenvalue weighted by atomic mass is 14.8. The molecule has 0 radical (unpaired) electrons. The fourth-order valence-corrected chi connectivity index (χ4v) is 47.9. The van der Waals surface area contributed by atoms with Crippen molar-refractivity contribution < 1.29 is 0 Å². The second-order valence-electron chi connectivity index (χ2n) is 70.0. The third-order valence-electron chi connectivity index (χ3n) is 59.1. The molecule has 0 aromatic rings. The summed E-state index contributed by atoms with van der Waals surface area (Å²) in [6.45, 7) is 126. The first-order valence-corrected chi connectivity index (χ1v) is 65.4. The van der Waals surface area contributed by atoms with Gasteiger partial charge in [-0.05, 0) is 541 Å². The van der Waals surface area contributed by atoms with Crippen molar-refractivity contribution in [1.82, 2.24) is 0 Å². The number of fused-ring (bicyclic) bond motifs is 18.